The number of nitrogens with one attached hydrogen (secondary N) is 2. The number of carboxylic acids is 1. The first kappa shape index (κ1) is 14.5. The zero-order chi connectivity index (χ0) is 12.5. The smallest absolute Gasteiger partial charge is 0.314 e. The molecule has 0 aromatic heterocycles. The van der Waals surface area contributed by atoms with Crippen molar-refractivity contribution in [3.05, 3.63) is 0 Å². The van der Waals surface area contributed by atoms with Crippen molar-refractivity contribution in [2.75, 3.05) is 30.3 Å². The molecule has 0 bridgehead atoms. The highest BCUT2D eigenvalue weighted by atomic mass is 32.2. The minimum absolute atomic E-state index is 0.0927. The molecule has 0 saturated carbocycles. The third kappa shape index (κ3) is 7.38. The van der Waals surface area contributed by atoms with Crippen molar-refractivity contribution >= 4 is 35.5 Å². The molecule has 7 heteroatoms. The van der Waals surface area contributed by atoms with Crippen LogP contribution in [0.2, 0.25) is 0 Å². The molecule has 0 aromatic carbocycles. The van der Waals surface area contributed by atoms with Crippen molar-refractivity contribution in [1.82, 2.24) is 10.6 Å². The Balaban J connectivity index is 1.98. The van der Waals surface area contributed by atoms with Crippen LogP contribution in [0, 0.1) is 0 Å². The number of amides is 2. The number of urea groups is 1. The van der Waals surface area contributed by atoms with Crippen molar-refractivity contribution in [2.45, 2.75) is 18.1 Å². The average molecular weight is 278 g/mol. The summed E-state index contributed by atoms with van der Waals surface area (Å²) in [7, 11) is 0. The van der Waals surface area contributed by atoms with Gasteiger partial charge in [0.1, 0.15) is 0 Å². The Kier molecular flexibility index (Phi) is 7.27. The van der Waals surface area contributed by atoms with Crippen LogP contribution in [0.25, 0.3) is 0 Å². The van der Waals surface area contributed by atoms with Crippen molar-refractivity contribution in [1.29, 1.82) is 0 Å². The van der Waals surface area contributed by atoms with E-state index in [1.807, 2.05) is 23.5 Å². The molecule has 1 saturated heterocycles. The fraction of sp³-hybridized carbons (Fsp3) is 0.800. The van der Waals surface area contributed by atoms with Crippen LogP contribution in [0.3, 0.4) is 0 Å². The van der Waals surface area contributed by atoms with E-state index in [9.17, 15) is 9.59 Å². The molecular weight excluding hydrogens is 260 g/mol. The Morgan fingerprint density at radius 2 is 2.12 bits per heavy atom. The molecule has 3 N–H and O–H groups in total. The van der Waals surface area contributed by atoms with Gasteiger partial charge in [0, 0.05) is 42.0 Å². The lowest BCUT2D eigenvalue weighted by Crippen LogP contribution is -2.40. The zero-order valence-electron chi connectivity index (χ0n) is 9.61. The Morgan fingerprint density at radius 3 is 2.76 bits per heavy atom. The second-order valence-corrected chi connectivity index (χ2v) is 6.26. The van der Waals surface area contributed by atoms with Crippen LogP contribution < -0.4 is 10.6 Å². The van der Waals surface area contributed by atoms with E-state index in [-0.39, 0.29) is 12.5 Å². The summed E-state index contributed by atoms with van der Waals surface area (Å²) in [5.74, 6) is 2.60. The highest BCUT2D eigenvalue weighted by Crippen LogP contribution is 2.23. The summed E-state index contributed by atoms with van der Waals surface area (Å²) in [6, 6.07) is -0.202. The van der Waals surface area contributed by atoms with Gasteiger partial charge in [-0.1, -0.05) is 0 Å². The topological polar surface area (TPSA) is 78.4 Å². The van der Waals surface area contributed by atoms with Crippen molar-refractivity contribution < 1.29 is 14.7 Å². The number of rotatable bonds is 6. The molecule has 1 aliphatic heterocycles. The molecule has 2 amide bonds. The molecule has 98 valence electrons. The zero-order valence-corrected chi connectivity index (χ0v) is 11.2. The van der Waals surface area contributed by atoms with Crippen LogP contribution in [-0.4, -0.2) is 52.7 Å². The molecule has 0 radical (unpaired) electrons. The molecule has 0 aliphatic carbocycles. The lowest BCUT2D eigenvalue weighted by Gasteiger charge is -2.21. The number of aliphatic carboxylic acids is 1. The second-order valence-electron chi connectivity index (χ2n) is 3.70. The van der Waals surface area contributed by atoms with E-state index in [4.69, 9.17) is 5.11 Å². The summed E-state index contributed by atoms with van der Waals surface area (Å²) in [4.78, 5) is 21.6. The molecule has 1 heterocycles. The van der Waals surface area contributed by atoms with E-state index in [0.717, 1.165) is 11.5 Å². The maximum absolute atomic E-state index is 11.3. The molecule has 1 unspecified atom stereocenters. The fourth-order valence-electron chi connectivity index (χ4n) is 1.37. The predicted octanol–water partition coefficient (Wildman–Crippen LogP) is 0.999. The predicted molar refractivity (Wildman–Crippen MR) is 71.8 cm³/mol. The number of carboxylic acid groups (broad SMARTS) is 1. The van der Waals surface area contributed by atoms with Crippen molar-refractivity contribution in [3.63, 3.8) is 0 Å². The summed E-state index contributed by atoms with van der Waals surface area (Å²) in [6.07, 6.45) is 0.562. The first-order valence-corrected chi connectivity index (χ1v) is 7.81. The standard InChI is InChI=1S/C10H18N2O3S2/c13-9(14)2-1-3-11-10(15)12-6-8-7-16-4-5-17-8/h8H,1-7H2,(H,13,14)(H2,11,12,15). The average Bonchev–Trinajstić information content (AvgIpc) is 2.33. The fourth-order valence-corrected chi connectivity index (χ4v) is 3.98. The Labute approximate surface area is 109 Å². The maximum Gasteiger partial charge on any atom is 0.314 e. The summed E-state index contributed by atoms with van der Waals surface area (Å²) < 4.78 is 0. The van der Waals surface area contributed by atoms with Gasteiger partial charge in [0.25, 0.3) is 0 Å². The molecule has 5 nitrogen and oxygen atoms in total. The molecular formula is C10H18N2O3S2. The monoisotopic (exact) mass is 278 g/mol. The third-order valence-corrected chi connectivity index (χ3v) is 5.07. The number of hydrogen-bond acceptors (Lipinski definition) is 4. The van der Waals surface area contributed by atoms with Crippen LogP contribution in [0.5, 0.6) is 0 Å². The van der Waals surface area contributed by atoms with Gasteiger partial charge in [0.05, 0.1) is 0 Å². The molecule has 1 aliphatic rings. The minimum atomic E-state index is -0.831. The summed E-state index contributed by atoms with van der Waals surface area (Å²) in [5.41, 5.74) is 0. The molecule has 1 rings (SSSR count). The Morgan fingerprint density at radius 1 is 1.29 bits per heavy atom. The van der Waals surface area contributed by atoms with Crippen LogP contribution >= 0.6 is 23.5 Å². The maximum atomic E-state index is 11.3. The number of carbonyl (C=O) groups excluding carboxylic acids is 1. The Hall–Kier alpha value is -0.560. The molecule has 0 spiro atoms. The van der Waals surface area contributed by atoms with Gasteiger partial charge >= 0.3 is 12.0 Å². The Bertz CT molecular complexity index is 258. The van der Waals surface area contributed by atoms with Crippen LogP contribution in [0.15, 0.2) is 0 Å². The van der Waals surface area contributed by atoms with Crippen molar-refractivity contribution in [2.24, 2.45) is 0 Å². The minimum Gasteiger partial charge on any atom is -0.481 e. The van der Waals surface area contributed by atoms with E-state index in [0.29, 0.717) is 24.8 Å². The first-order valence-electron chi connectivity index (χ1n) is 5.61. The summed E-state index contributed by atoms with van der Waals surface area (Å²) >= 11 is 3.82. The highest BCUT2D eigenvalue weighted by molar-refractivity contribution is 8.06. The van der Waals surface area contributed by atoms with Gasteiger partial charge in [-0.2, -0.15) is 23.5 Å². The quantitative estimate of drug-likeness (QED) is 0.632. The largest absolute Gasteiger partial charge is 0.481 e. The van der Waals surface area contributed by atoms with Crippen LogP contribution in [0.1, 0.15) is 12.8 Å². The SMILES string of the molecule is O=C(O)CCCNC(=O)NCC1CSCCS1. The van der Waals surface area contributed by atoms with E-state index in [2.05, 4.69) is 10.6 Å². The number of thioether (sulfide) groups is 2. The van der Waals surface area contributed by atoms with Gasteiger partial charge in [-0.25, -0.2) is 4.79 Å². The van der Waals surface area contributed by atoms with E-state index in [1.54, 1.807) is 0 Å². The van der Waals surface area contributed by atoms with E-state index >= 15 is 0 Å². The lowest BCUT2D eigenvalue weighted by atomic mass is 10.3. The summed E-state index contributed by atoms with van der Waals surface area (Å²) in [6.45, 7) is 1.09. The number of carbonyl (C=O) groups is 2. The molecule has 0 aromatic rings. The van der Waals surface area contributed by atoms with E-state index in [1.165, 1.54) is 5.75 Å². The van der Waals surface area contributed by atoms with Gasteiger partial charge in [0.15, 0.2) is 0 Å². The molecule has 17 heavy (non-hydrogen) atoms. The summed E-state index contributed by atoms with van der Waals surface area (Å²) in [5, 5.41) is 14.4. The van der Waals surface area contributed by atoms with Crippen LogP contribution in [0.4, 0.5) is 4.79 Å². The van der Waals surface area contributed by atoms with Crippen molar-refractivity contribution in [3.8, 4) is 0 Å². The van der Waals surface area contributed by atoms with E-state index < -0.39 is 5.97 Å². The number of hydrogen-bond donors (Lipinski definition) is 3. The van der Waals surface area contributed by atoms with Gasteiger partial charge < -0.3 is 15.7 Å². The highest BCUT2D eigenvalue weighted by Gasteiger charge is 2.14. The first-order chi connectivity index (χ1) is 8.18. The normalized spacial score (nSPS) is 19.6. The third-order valence-electron chi connectivity index (χ3n) is 2.23. The van der Waals surface area contributed by atoms with Gasteiger partial charge in [-0.3, -0.25) is 4.79 Å². The second kappa shape index (κ2) is 8.52. The van der Waals surface area contributed by atoms with Crippen LogP contribution in [-0.2, 0) is 4.79 Å². The van der Waals surface area contributed by atoms with Gasteiger partial charge in [-0.15, -0.1) is 0 Å². The lowest BCUT2D eigenvalue weighted by molar-refractivity contribution is -0.137. The molecule has 1 fully saturated rings. The van der Waals surface area contributed by atoms with Gasteiger partial charge in [-0.05, 0) is 6.42 Å². The molecule has 1 atom stereocenters. The van der Waals surface area contributed by atoms with Gasteiger partial charge in [0.2, 0.25) is 0 Å².